The predicted octanol–water partition coefficient (Wildman–Crippen LogP) is 4.93. The first-order chi connectivity index (χ1) is 10.1. The van der Waals surface area contributed by atoms with Crippen LogP contribution in [0.3, 0.4) is 0 Å². The highest BCUT2D eigenvalue weighted by Crippen LogP contribution is 2.30. The predicted molar refractivity (Wildman–Crippen MR) is 85.4 cm³/mol. The second kappa shape index (κ2) is 7.73. The Morgan fingerprint density at radius 3 is 2.90 bits per heavy atom. The summed E-state index contributed by atoms with van der Waals surface area (Å²) >= 11 is 9.37. The first-order valence-electron chi connectivity index (χ1n) is 6.58. The first-order valence-corrected chi connectivity index (χ1v) is 7.75. The number of hydrogen-bond acceptors (Lipinski definition) is 3. The molecule has 6 heteroatoms. The fourth-order valence-corrected chi connectivity index (χ4v) is 2.32. The molecule has 1 N–H and O–H groups in total. The van der Waals surface area contributed by atoms with Gasteiger partial charge in [-0.3, -0.25) is 0 Å². The third-order valence-electron chi connectivity index (χ3n) is 2.76. The number of benzene rings is 1. The molecule has 0 radical (unpaired) electrons. The van der Waals surface area contributed by atoms with Crippen LogP contribution < -0.4 is 10.1 Å². The van der Waals surface area contributed by atoms with Crippen LogP contribution >= 0.6 is 27.5 Å². The van der Waals surface area contributed by atoms with Gasteiger partial charge in [0.2, 0.25) is 5.88 Å². The monoisotopic (exact) mass is 372 g/mol. The van der Waals surface area contributed by atoms with Gasteiger partial charge in [0.05, 0.1) is 9.50 Å². The fourth-order valence-electron chi connectivity index (χ4n) is 1.72. The smallest absolute Gasteiger partial charge is 0.219 e. The number of aromatic nitrogens is 1. The maximum absolute atomic E-state index is 13.0. The molecule has 3 nitrogen and oxygen atoms in total. The minimum atomic E-state index is -0.331. The third kappa shape index (κ3) is 4.66. The Balaban J connectivity index is 2.14. The van der Waals surface area contributed by atoms with Gasteiger partial charge in [-0.05, 0) is 52.7 Å². The summed E-state index contributed by atoms with van der Waals surface area (Å²) in [6, 6.07) is 6.00. The summed E-state index contributed by atoms with van der Waals surface area (Å²) in [7, 11) is 0. The quantitative estimate of drug-likeness (QED) is 0.729. The lowest BCUT2D eigenvalue weighted by molar-refractivity contribution is 0.457. The highest BCUT2D eigenvalue weighted by Gasteiger charge is 2.08. The molecule has 2 aromatic rings. The molecule has 21 heavy (non-hydrogen) atoms. The number of rotatable bonds is 6. The number of ether oxygens (including phenoxy) is 1. The topological polar surface area (TPSA) is 34.1 Å². The van der Waals surface area contributed by atoms with E-state index in [-0.39, 0.29) is 5.82 Å². The van der Waals surface area contributed by atoms with Crippen molar-refractivity contribution in [2.75, 3.05) is 6.54 Å². The summed E-state index contributed by atoms with van der Waals surface area (Å²) in [5, 5.41) is 3.86. The molecule has 0 bridgehead atoms. The molecule has 2 rings (SSSR count). The van der Waals surface area contributed by atoms with Gasteiger partial charge in [0.15, 0.2) is 0 Å². The summed E-state index contributed by atoms with van der Waals surface area (Å²) in [5.74, 6) is 0.585. The lowest BCUT2D eigenvalue weighted by atomic mass is 10.2. The van der Waals surface area contributed by atoms with Gasteiger partial charge in [0, 0.05) is 18.8 Å². The molecule has 0 unspecified atom stereocenters. The minimum absolute atomic E-state index is 0.331. The van der Waals surface area contributed by atoms with Gasteiger partial charge in [-0.1, -0.05) is 18.5 Å². The van der Waals surface area contributed by atoms with Gasteiger partial charge in [-0.25, -0.2) is 9.37 Å². The average Bonchev–Trinajstić information content (AvgIpc) is 2.45. The van der Waals surface area contributed by atoms with E-state index in [0.717, 1.165) is 18.5 Å². The molecule has 1 aromatic heterocycles. The highest BCUT2D eigenvalue weighted by atomic mass is 79.9. The molecule has 0 saturated heterocycles. The minimum Gasteiger partial charge on any atom is -0.438 e. The van der Waals surface area contributed by atoms with Crippen molar-refractivity contribution in [1.82, 2.24) is 10.3 Å². The summed E-state index contributed by atoms with van der Waals surface area (Å²) < 4.78 is 19.2. The molecule has 0 spiro atoms. The van der Waals surface area contributed by atoms with Crippen molar-refractivity contribution >= 4 is 27.5 Å². The van der Waals surface area contributed by atoms with Gasteiger partial charge in [0.25, 0.3) is 0 Å². The Morgan fingerprint density at radius 1 is 1.38 bits per heavy atom. The normalized spacial score (nSPS) is 10.7. The van der Waals surface area contributed by atoms with Crippen LogP contribution in [-0.2, 0) is 6.54 Å². The van der Waals surface area contributed by atoms with E-state index in [4.69, 9.17) is 16.3 Å². The van der Waals surface area contributed by atoms with Crippen LogP contribution in [-0.4, -0.2) is 11.5 Å². The standard InChI is InChI=1S/C15H15BrClFN2O/c1-2-5-19-8-10-6-15(20-9-13(10)17)21-14-4-3-11(18)7-12(14)16/h3-4,6-7,9,19H,2,5,8H2,1H3. The Bertz CT molecular complexity index is 625. The summed E-state index contributed by atoms with van der Waals surface area (Å²) in [6.07, 6.45) is 2.60. The van der Waals surface area contributed by atoms with Crippen LogP contribution in [0.4, 0.5) is 4.39 Å². The number of hydrogen-bond donors (Lipinski definition) is 1. The van der Waals surface area contributed by atoms with Gasteiger partial charge in [-0.2, -0.15) is 0 Å². The van der Waals surface area contributed by atoms with Gasteiger partial charge in [0.1, 0.15) is 11.6 Å². The lowest BCUT2D eigenvalue weighted by Gasteiger charge is -2.10. The average molecular weight is 374 g/mol. The van der Waals surface area contributed by atoms with Gasteiger partial charge in [-0.15, -0.1) is 0 Å². The number of nitrogens with zero attached hydrogens (tertiary/aromatic N) is 1. The van der Waals surface area contributed by atoms with E-state index >= 15 is 0 Å². The molecule has 0 aliphatic carbocycles. The van der Waals surface area contributed by atoms with Crippen molar-refractivity contribution in [2.24, 2.45) is 0 Å². The van der Waals surface area contributed by atoms with E-state index in [1.165, 1.54) is 12.1 Å². The van der Waals surface area contributed by atoms with Crippen LogP contribution in [0.1, 0.15) is 18.9 Å². The second-order valence-corrected chi connectivity index (χ2v) is 5.73. The zero-order valence-corrected chi connectivity index (χ0v) is 13.8. The maximum atomic E-state index is 13.0. The van der Waals surface area contributed by atoms with Crippen molar-refractivity contribution in [3.05, 3.63) is 51.3 Å². The molecule has 1 aromatic carbocycles. The van der Waals surface area contributed by atoms with E-state index in [2.05, 4.69) is 33.2 Å². The van der Waals surface area contributed by atoms with Crippen molar-refractivity contribution in [2.45, 2.75) is 19.9 Å². The highest BCUT2D eigenvalue weighted by molar-refractivity contribution is 9.10. The van der Waals surface area contributed by atoms with Crippen LogP contribution in [0.2, 0.25) is 5.02 Å². The molecule has 0 atom stereocenters. The molecular formula is C15H15BrClFN2O. The second-order valence-electron chi connectivity index (χ2n) is 4.47. The lowest BCUT2D eigenvalue weighted by Crippen LogP contribution is -2.14. The SMILES string of the molecule is CCCNCc1cc(Oc2ccc(F)cc2Br)ncc1Cl. The van der Waals surface area contributed by atoms with Crippen molar-refractivity contribution in [1.29, 1.82) is 0 Å². The van der Waals surface area contributed by atoms with Crippen molar-refractivity contribution in [3.8, 4) is 11.6 Å². The van der Waals surface area contributed by atoms with Crippen LogP contribution in [0.25, 0.3) is 0 Å². The van der Waals surface area contributed by atoms with E-state index in [1.54, 1.807) is 18.3 Å². The van der Waals surface area contributed by atoms with E-state index in [0.29, 0.717) is 27.7 Å². The van der Waals surface area contributed by atoms with Gasteiger partial charge >= 0.3 is 0 Å². The molecule has 0 fully saturated rings. The number of halogens is 3. The van der Waals surface area contributed by atoms with Crippen molar-refractivity contribution in [3.63, 3.8) is 0 Å². The molecule has 0 amide bonds. The maximum Gasteiger partial charge on any atom is 0.219 e. The van der Waals surface area contributed by atoms with Crippen molar-refractivity contribution < 1.29 is 9.13 Å². The number of pyridine rings is 1. The molecule has 1 heterocycles. The zero-order chi connectivity index (χ0) is 15.2. The fraction of sp³-hybridized carbons (Fsp3) is 0.267. The Kier molecular flexibility index (Phi) is 5.96. The molecular weight excluding hydrogens is 359 g/mol. The van der Waals surface area contributed by atoms with Gasteiger partial charge < -0.3 is 10.1 Å². The summed E-state index contributed by atoms with van der Waals surface area (Å²) in [5.41, 5.74) is 0.911. The zero-order valence-electron chi connectivity index (χ0n) is 11.5. The Hall–Kier alpha value is -1.17. The molecule has 0 aliphatic rings. The molecule has 0 aliphatic heterocycles. The summed E-state index contributed by atoms with van der Waals surface area (Å²) in [6.45, 7) is 3.66. The van der Waals surface area contributed by atoms with E-state index in [1.807, 2.05) is 0 Å². The van der Waals surface area contributed by atoms with Crippen LogP contribution in [0.15, 0.2) is 34.9 Å². The molecule has 112 valence electrons. The van der Waals surface area contributed by atoms with E-state index < -0.39 is 0 Å². The first kappa shape index (κ1) is 16.2. The number of nitrogens with one attached hydrogen (secondary N) is 1. The van der Waals surface area contributed by atoms with Crippen LogP contribution in [0.5, 0.6) is 11.6 Å². The third-order valence-corrected chi connectivity index (χ3v) is 3.72. The van der Waals surface area contributed by atoms with Crippen LogP contribution in [0, 0.1) is 5.82 Å². The largest absolute Gasteiger partial charge is 0.438 e. The molecule has 0 saturated carbocycles. The summed E-state index contributed by atoms with van der Waals surface area (Å²) in [4.78, 5) is 4.13. The Labute approximate surface area is 136 Å². The van der Waals surface area contributed by atoms with E-state index in [9.17, 15) is 4.39 Å². The Morgan fingerprint density at radius 2 is 2.19 bits per heavy atom.